The normalized spacial score (nSPS) is 16.7. The predicted molar refractivity (Wildman–Crippen MR) is 135 cm³/mol. The van der Waals surface area contributed by atoms with Gasteiger partial charge in [-0.15, -0.1) is 0 Å². The summed E-state index contributed by atoms with van der Waals surface area (Å²) in [6.45, 7) is 19.2. The molecule has 164 valence electrons. The fraction of sp³-hybridized carbons (Fsp3) is 0.379. The summed E-state index contributed by atoms with van der Waals surface area (Å²) < 4.78 is 0. The first-order valence-corrected chi connectivity index (χ1v) is 11.5. The minimum atomic E-state index is 0.197. The summed E-state index contributed by atoms with van der Waals surface area (Å²) in [5.41, 5.74) is 6.88. The zero-order chi connectivity index (χ0) is 22.3. The van der Waals surface area contributed by atoms with Crippen LogP contribution < -0.4 is 0 Å². The molecule has 0 saturated carbocycles. The fourth-order valence-electron chi connectivity index (χ4n) is 4.11. The summed E-state index contributed by atoms with van der Waals surface area (Å²) >= 11 is 0. The Bertz CT molecular complexity index is 887. The highest BCUT2D eigenvalue weighted by molar-refractivity contribution is 5.64. The van der Waals surface area contributed by atoms with Gasteiger partial charge in [-0.3, -0.25) is 9.80 Å². The van der Waals surface area contributed by atoms with E-state index in [4.69, 9.17) is 0 Å². The number of hydrogen-bond acceptors (Lipinski definition) is 2. The van der Waals surface area contributed by atoms with Crippen molar-refractivity contribution in [1.82, 2.24) is 9.80 Å². The van der Waals surface area contributed by atoms with Crippen LogP contribution in [0.5, 0.6) is 0 Å². The van der Waals surface area contributed by atoms with Gasteiger partial charge in [0.1, 0.15) is 0 Å². The van der Waals surface area contributed by atoms with Gasteiger partial charge in [-0.25, -0.2) is 0 Å². The van der Waals surface area contributed by atoms with E-state index in [1.54, 1.807) is 0 Å². The average molecular weight is 415 g/mol. The molecule has 2 nitrogen and oxygen atoms in total. The van der Waals surface area contributed by atoms with Crippen LogP contribution in [0.25, 0.3) is 11.1 Å². The van der Waals surface area contributed by atoms with Gasteiger partial charge in [0.25, 0.3) is 0 Å². The molecule has 1 heterocycles. The fourth-order valence-corrected chi connectivity index (χ4v) is 4.11. The highest BCUT2D eigenvalue weighted by atomic mass is 15.3. The molecule has 0 unspecified atom stereocenters. The summed E-state index contributed by atoms with van der Waals surface area (Å²) in [6, 6.07) is 18.1. The molecule has 2 aromatic rings. The highest BCUT2D eigenvalue weighted by Crippen LogP contribution is 2.26. The molecule has 2 heteroatoms. The van der Waals surface area contributed by atoms with Crippen LogP contribution in [0.1, 0.15) is 38.8 Å². The molecule has 1 aliphatic heterocycles. The number of piperazine rings is 1. The molecule has 31 heavy (non-hydrogen) atoms. The number of hydrogen-bond donors (Lipinski definition) is 0. The Labute approximate surface area is 189 Å². The topological polar surface area (TPSA) is 6.48 Å². The highest BCUT2D eigenvalue weighted by Gasteiger charge is 2.17. The van der Waals surface area contributed by atoms with Crippen LogP contribution in [0.4, 0.5) is 0 Å². The zero-order valence-electron chi connectivity index (χ0n) is 19.8. The lowest BCUT2D eigenvalue weighted by molar-refractivity contribution is 0.135. The van der Waals surface area contributed by atoms with Gasteiger partial charge in [0, 0.05) is 39.3 Å². The smallest absolute Gasteiger partial charge is 0.0234 e. The Morgan fingerprint density at radius 2 is 1.42 bits per heavy atom. The van der Waals surface area contributed by atoms with Crippen LogP contribution in [0.2, 0.25) is 0 Å². The van der Waals surface area contributed by atoms with E-state index in [0.717, 1.165) is 39.3 Å². The second-order valence-corrected chi connectivity index (χ2v) is 9.55. The molecule has 1 aliphatic rings. The third kappa shape index (κ3) is 6.78. The second-order valence-electron chi connectivity index (χ2n) is 9.55. The molecule has 0 N–H and O–H groups in total. The summed E-state index contributed by atoms with van der Waals surface area (Å²) in [4.78, 5) is 5.10. The monoisotopic (exact) mass is 414 g/mol. The van der Waals surface area contributed by atoms with Crippen molar-refractivity contribution in [3.8, 4) is 11.1 Å². The number of rotatable bonds is 7. The van der Waals surface area contributed by atoms with Gasteiger partial charge in [-0.1, -0.05) is 100 Å². The first-order chi connectivity index (χ1) is 14.9. The van der Waals surface area contributed by atoms with Gasteiger partial charge in [-0.05, 0) is 40.2 Å². The Hall–Kier alpha value is -2.42. The van der Waals surface area contributed by atoms with E-state index in [2.05, 4.69) is 111 Å². The predicted octanol–water partition coefficient (Wildman–Crippen LogP) is 6.46. The molecular weight excluding hydrogens is 376 g/mol. The quantitative estimate of drug-likeness (QED) is 0.480. The molecule has 0 amide bonds. The molecule has 0 atom stereocenters. The molecule has 1 fully saturated rings. The molecule has 0 radical (unpaired) electrons. The molecule has 2 aromatic carbocycles. The maximum Gasteiger partial charge on any atom is 0.0234 e. The van der Waals surface area contributed by atoms with Gasteiger partial charge >= 0.3 is 0 Å². The van der Waals surface area contributed by atoms with E-state index >= 15 is 0 Å². The van der Waals surface area contributed by atoms with Crippen LogP contribution in [0.3, 0.4) is 0 Å². The number of benzene rings is 2. The SMILES string of the molecule is C=C/C=C(\C=C/C)CN1CCN(Cc2ccc(-c3ccc(C(C)(C)C)cc3)cc2)CC1. The molecule has 1 saturated heterocycles. The largest absolute Gasteiger partial charge is 0.297 e. The van der Waals surface area contributed by atoms with E-state index in [0.29, 0.717) is 0 Å². The Balaban J connectivity index is 1.53. The first kappa shape index (κ1) is 23.2. The van der Waals surface area contributed by atoms with Crippen molar-refractivity contribution in [2.45, 2.75) is 39.7 Å². The maximum atomic E-state index is 3.84. The third-order valence-electron chi connectivity index (χ3n) is 6.03. The molecule has 0 bridgehead atoms. The van der Waals surface area contributed by atoms with E-state index in [-0.39, 0.29) is 5.41 Å². The molecule has 3 rings (SSSR count). The maximum absolute atomic E-state index is 3.84. The van der Waals surface area contributed by atoms with Gasteiger partial charge in [0.2, 0.25) is 0 Å². The lowest BCUT2D eigenvalue weighted by Crippen LogP contribution is -2.46. The Kier molecular flexibility index (Phi) is 8.06. The van der Waals surface area contributed by atoms with Gasteiger partial charge in [0.15, 0.2) is 0 Å². The van der Waals surface area contributed by atoms with Gasteiger partial charge < -0.3 is 0 Å². The van der Waals surface area contributed by atoms with E-state index in [1.807, 2.05) is 6.08 Å². The van der Waals surface area contributed by atoms with Crippen LogP contribution >= 0.6 is 0 Å². The van der Waals surface area contributed by atoms with Crippen molar-refractivity contribution >= 4 is 0 Å². The lowest BCUT2D eigenvalue weighted by Gasteiger charge is -2.35. The zero-order valence-corrected chi connectivity index (χ0v) is 19.8. The summed E-state index contributed by atoms with van der Waals surface area (Å²) in [6.07, 6.45) is 8.29. The van der Waals surface area contributed by atoms with E-state index < -0.39 is 0 Å². The Morgan fingerprint density at radius 1 is 0.871 bits per heavy atom. The molecule has 0 aliphatic carbocycles. The minimum Gasteiger partial charge on any atom is -0.297 e. The minimum absolute atomic E-state index is 0.197. The van der Waals surface area contributed by atoms with Crippen molar-refractivity contribution in [3.05, 3.63) is 96.1 Å². The van der Waals surface area contributed by atoms with Gasteiger partial charge in [-0.2, -0.15) is 0 Å². The first-order valence-electron chi connectivity index (χ1n) is 11.5. The standard InChI is InChI=1S/C29H38N2/c1-6-8-24(9-7-2)22-30-18-20-31(21-19-30)23-25-10-12-26(13-11-25)27-14-16-28(17-15-27)29(3,4)5/h6-17H,1,18-23H2,2-5H3/b9-7-,24-8+. The Morgan fingerprint density at radius 3 is 1.94 bits per heavy atom. The molecule has 0 aromatic heterocycles. The molecular formula is C29H38N2. The van der Waals surface area contributed by atoms with Crippen molar-refractivity contribution in [3.63, 3.8) is 0 Å². The van der Waals surface area contributed by atoms with Crippen LogP contribution in [-0.2, 0) is 12.0 Å². The van der Waals surface area contributed by atoms with Crippen LogP contribution in [0.15, 0.2) is 85.0 Å². The summed E-state index contributed by atoms with van der Waals surface area (Å²) in [5, 5.41) is 0. The van der Waals surface area contributed by atoms with Crippen molar-refractivity contribution in [2.24, 2.45) is 0 Å². The van der Waals surface area contributed by atoms with E-state index in [9.17, 15) is 0 Å². The van der Waals surface area contributed by atoms with Gasteiger partial charge in [0.05, 0.1) is 0 Å². The second kappa shape index (κ2) is 10.7. The number of allylic oxidation sites excluding steroid dienone is 3. The lowest BCUT2D eigenvalue weighted by atomic mass is 9.86. The molecule has 0 spiro atoms. The third-order valence-corrected chi connectivity index (χ3v) is 6.03. The van der Waals surface area contributed by atoms with Crippen LogP contribution in [-0.4, -0.2) is 42.5 Å². The van der Waals surface area contributed by atoms with Crippen LogP contribution in [0, 0.1) is 0 Å². The average Bonchev–Trinajstić information content (AvgIpc) is 2.76. The van der Waals surface area contributed by atoms with Crippen molar-refractivity contribution in [2.75, 3.05) is 32.7 Å². The summed E-state index contributed by atoms with van der Waals surface area (Å²) in [7, 11) is 0. The van der Waals surface area contributed by atoms with Crippen molar-refractivity contribution < 1.29 is 0 Å². The van der Waals surface area contributed by atoms with Crippen molar-refractivity contribution in [1.29, 1.82) is 0 Å². The summed E-state index contributed by atoms with van der Waals surface area (Å²) in [5.74, 6) is 0. The number of nitrogens with zero attached hydrogens (tertiary/aromatic N) is 2. The van der Waals surface area contributed by atoms with E-state index in [1.165, 1.54) is 27.8 Å².